The Morgan fingerprint density at radius 1 is 1.29 bits per heavy atom. The number of rotatable bonds is 4. The van der Waals surface area contributed by atoms with Crippen LogP contribution in [-0.2, 0) is 16.5 Å². The number of nitrogens with one attached hydrogen (secondary N) is 1. The van der Waals surface area contributed by atoms with E-state index in [9.17, 15) is 13.0 Å². The van der Waals surface area contributed by atoms with Crippen LogP contribution in [0, 0.1) is 0 Å². The smallest absolute Gasteiger partial charge is 0.191 e. The molecule has 0 amide bonds. The van der Waals surface area contributed by atoms with Crippen LogP contribution in [0.4, 0.5) is 0 Å². The van der Waals surface area contributed by atoms with Gasteiger partial charge in [0, 0.05) is 0 Å². The molecule has 1 aromatic heterocycles. The van der Waals surface area contributed by atoms with Crippen molar-refractivity contribution in [3.8, 4) is 0 Å². The zero-order valence-electron chi connectivity index (χ0n) is 8.65. The highest BCUT2D eigenvalue weighted by molar-refractivity contribution is 7.86. The predicted octanol–water partition coefficient (Wildman–Crippen LogP) is 0.0287. The molecule has 7 nitrogen and oxygen atoms in total. The second-order valence-electron chi connectivity index (χ2n) is 3.44. The van der Waals surface area contributed by atoms with Gasteiger partial charge in [-0.15, -0.1) is 10.2 Å². The monoisotopic (exact) mass is 253 g/mol. The van der Waals surface area contributed by atoms with Gasteiger partial charge in [-0.25, -0.2) is 8.42 Å². The second kappa shape index (κ2) is 4.60. The third-order valence-electron chi connectivity index (χ3n) is 2.26. The van der Waals surface area contributed by atoms with Gasteiger partial charge in [0.25, 0.3) is 0 Å². The highest BCUT2D eigenvalue weighted by Crippen LogP contribution is 2.22. The van der Waals surface area contributed by atoms with E-state index in [-0.39, 0.29) is 12.2 Å². The quantitative estimate of drug-likeness (QED) is 0.769. The van der Waals surface area contributed by atoms with Crippen LogP contribution < -0.4 is 0 Å². The number of hydrogen-bond donors (Lipinski definition) is 1. The zero-order chi connectivity index (χ0) is 12.3. The molecule has 2 aromatic rings. The molecule has 1 N–H and O–H groups in total. The minimum Gasteiger partial charge on any atom is -0.747 e. The number of tetrazole rings is 1. The Labute approximate surface area is 97.6 Å². The van der Waals surface area contributed by atoms with Gasteiger partial charge in [-0.05, 0) is 12.0 Å². The SMILES string of the molecule is O=S(=O)([O-])C(Cc1ccccc1)c1nn[nH]n1. The van der Waals surface area contributed by atoms with Crippen molar-refractivity contribution in [1.29, 1.82) is 0 Å². The Morgan fingerprint density at radius 3 is 2.53 bits per heavy atom. The van der Waals surface area contributed by atoms with Gasteiger partial charge in [-0.2, -0.15) is 5.21 Å². The van der Waals surface area contributed by atoms with Crippen LogP contribution >= 0.6 is 0 Å². The minimum atomic E-state index is -4.52. The molecule has 0 saturated heterocycles. The van der Waals surface area contributed by atoms with E-state index < -0.39 is 15.4 Å². The van der Waals surface area contributed by atoms with Gasteiger partial charge < -0.3 is 4.55 Å². The summed E-state index contributed by atoms with van der Waals surface area (Å²) in [6, 6.07) is 8.80. The van der Waals surface area contributed by atoms with Crippen molar-refractivity contribution in [3.63, 3.8) is 0 Å². The molecule has 0 saturated carbocycles. The van der Waals surface area contributed by atoms with Crippen LogP contribution in [0.5, 0.6) is 0 Å². The van der Waals surface area contributed by atoms with Crippen molar-refractivity contribution in [1.82, 2.24) is 20.6 Å². The molecule has 1 unspecified atom stereocenters. The van der Waals surface area contributed by atoms with Crippen molar-refractivity contribution in [3.05, 3.63) is 41.7 Å². The topological polar surface area (TPSA) is 112 Å². The number of benzene rings is 1. The Bertz CT molecular complexity index is 568. The maximum atomic E-state index is 11.2. The summed E-state index contributed by atoms with van der Waals surface area (Å²) in [6.07, 6.45) is 0.0339. The summed E-state index contributed by atoms with van der Waals surface area (Å²) in [4.78, 5) is 0. The molecule has 0 aliphatic rings. The Morgan fingerprint density at radius 2 is 2.00 bits per heavy atom. The molecule has 0 spiro atoms. The van der Waals surface area contributed by atoms with Crippen LogP contribution in [0.1, 0.15) is 16.6 Å². The molecule has 2 rings (SSSR count). The van der Waals surface area contributed by atoms with E-state index in [1.807, 2.05) is 0 Å². The molecule has 8 heteroatoms. The molecule has 0 fully saturated rings. The van der Waals surface area contributed by atoms with E-state index >= 15 is 0 Å². The normalized spacial score (nSPS) is 13.5. The molecule has 0 radical (unpaired) electrons. The lowest BCUT2D eigenvalue weighted by molar-refractivity contribution is 0.446. The van der Waals surface area contributed by atoms with E-state index in [0.717, 1.165) is 5.56 Å². The number of aromatic amines is 1. The van der Waals surface area contributed by atoms with Crippen molar-refractivity contribution >= 4 is 10.1 Å². The summed E-state index contributed by atoms with van der Waals surface area (Å²) < 4.78 is 33.5. The summed E-state index contributed by atoms with van der Waals surface area (Å²) in [5.74, 6) is -0.108. The standard InChI is InChI=1S/C9H10N4O3S/c14-17(15,16)8(9-10-12-13-11-9)6-7-4-2-1-3-5-7/h1-5,8H,6H2,(H,14,15,16)(H,10,11,12,13)/p-1. The molecule has 90 valence electrons. The van der Waals surface area contributed by atoms with Crippen LogP contribution in [0.15, 0.2) is 30.3 Å². The number of hydrogen-bond acceptors (Lipinski definition) is 6. The maximum Gasteiger partial charge on any atom is 0.191 e. The first kappa shape index (κ1) is 11.7. The maximum absolute atomic E-state index is 11.2. The van der Waals surface area contributed by atoms with Crippen LogP contribution in [0.2, 0.25) is 0 Å². The van der Waals surface area contributed by atoms with Crippen LogP contribution in [0.25, 0.3) is 0 Å². The van der Waals surface area contributed by atoms with Crippen molar-refractivity contribution in [2.45, 2.75) is 11.7 Å². The van der Waals surface area contributed by atoms with Gasteiger partial charge in [0.2, 0.25) is 0 Å². The van der Waals surface area contributed by atoms with Gasteiger partial charge >= 0.3 is 0 Å². The van der Waals surface area contributed by atoms with Crippen molar-refractivity contribution in [2.24, 2.45) is 0 Å². The van der Waals surface area contributed by atoms with Gasteiger partial charge in [0.1, 0.15) is 15.4 Å². The molecule has 17 heavy (non-hydrogen) atoms. The predicted molar refractivity (Wildman–Crippen MR) is 56.8 cm³/mol. The largest absolute Gasteiger partial charge is 0.747 e. The minimum absolute atomic E-state index is 0.0339. The highest BCUT2D eigenvalue weighted by atomic mass is 32.2. The Hall–Kier alpha value is -1.80. The number of H-pyrrole nitrogens is 1. The third kappa shape index (κ3) is 2.86. The molecule has 1 heterocycles. The summed E-state index contributed by atoms with van der Waals surface area (Å²) in [5, 5.41) is 11.2. The fraction of sp³-hybridized carbons (Fsp3) is 0.222. The Balaban J connectivity index is 2.31. The van der Waals surface area contributed by atoms with Gasteiger partial charge in [0.05, 0.1) is 0 Å². The second-order valence-corrected chi connectivity index (χ2v) is 5.00. The fourth-order valence-corrected chi connectivity index (χ4v) is 2.21. The van der Waals surface area contributed by atoms with Crippen molar-refractivity contribution < 1.29 is 13.0 Å². The van der Waals surface area contributed by atoms with E-state index in [1.165, 1.54) is 0 Å². The first-order chi connectivity index (χ1) is 8.07. The van der Waals surface area contributed by atoms with Crippen LogP contribution in [-0.4, -0.2) is 33.6 Å². The van der Waals surface area contributed by atoms with Gasteiger partial charge in [-0.1, -0.05) is 35.5 Å². The van der Waals surface area contributed by atoms with E-state index in [4.69, 9.17) is 0 Å². The summed E-state index contributed by atoms with van der Waals surface area (Å²) >= 11 is 0. The van der Waals surface area contributed by atoms with Gasteiger partial charge in [0.15, 0.2) is 5.82 Å². The van der Waals surface area contributed by atoms with E-state index in [0.29, 0.717) is 0 Å². The first-order valence-electron chi connectivity index (χ1n) is 4.79. The number of aromatic nitrogens is 4. The summed E-state index contributed by atoms with van der Waals surface area (Å²) in [7, 11) is -4.52. The lowest BCUT2D eigenvalue weighted by atomic mass is 10.1. The summed E-state index contributed by atoms with van der Waals surface area (Å²) in [6.45, 7) is 0. The van der Waals surface area contributed by atoms with E-state index in [2.05, 4.69) is 20.6 Å². The third-order valence-corrected chi connectivity index (χ3v) is 3.34. The average molecular weight is 253 g/mol. The molecule has 0 bridgehead atoms. The molecule has 0 aliphatic heterocycles. The lowest BCUT2D eigenvalue weighted by Gasteiger charge is -2.17. The molecule has 1 aromatic carbocycles. The molecular formula is C9H9N4O3S-. The number of nitrogens with zero attached hydrogens (tertiary/aromatic N) is 3. The first-order valence-corrected chi connectivity index (χ1v) is 6.26. The average Bonchev–Trinajstić information content (AvgIpc) is 2.79. The zero-order valence-corrected chi connectivity index (χ0v) is 9.46. The lowest BCUT2D eigenvalue weighted by Crippen LogP contribution is -2.16. The van der Waals surface area contributed by atoms with Crippen LogP contribution in [0.3, 0.4) is 0 Å². The van der Waals surface area contributed by atoms with Crippen molar-refractivity contribution in [2.75, 3.05) is 0 Å². The van der Waals surface area contributed by atoms with E-state index in [1.54, 1.807) is 30.3 Å². The highest BCUT2D eigenvalue weighted by Gasteiger charge is 2.23. The molecule has 0 aliphatic carbocycles. The van der Waals surface area contributed by atoms with Gasteiger partial charge in [-0.3, -0.25) is 0 Å². The summed E-state index contributed by atoms with van der Waals surface area (Å²) in [5.41, 5.74) is 0.724. The fourth-order valence-electron chi connectivity index (χ4n) is 1.46. The Kier molecular flexibility index (Phi) is 3.16. The molecule has 1 atom stereocenters. The molecular weight excluding hydrogens is 244 g/mol.